The van der Waals surface area contributed by atoms with E-state index >= 15 is 0 Å². The van der Waals surface area contributed by atoms with Gasteiger partial charge in [0.25, 0.3) is 0 Å². The number of H-pyrrole nitrogens is 1. The molecule has 2 aliphatic rings. The van der Waals surface area contributed by atoms with Gasteiger partial charge in [-0.1, -0.05) is 12.1 Å². The Labute approximate surface area is 174 Å². The molecule has 0 unspecified atom stereocenters. The van der Waals surface area contributed by atoms with Crippen molar-refractivity contribution in [3.63, 3.8) is 0 Å². The lowest BCUT2D eigenvalue weighted by atomic mass is 9.78. The van der Waals surface area contributed by atoms with E-state index < -0.39 is 5.41 Å². The molecule has 8 heteroatoms. The lowest BCUT2D eigenvalue weighted by Crippen LogP contribution is -2.40. The van der Waals surface area contributed by atoms with Gasteiger partial charge >= 0.3 is 0 Å². The second-order valence-electron chi connectivity index (χ2n) is 7.54. The Bertz CT molecular complexity index is 1090. The molecule has 4 heterocycles. The molecule has 7 nitrogen and oxygen atoms in total. The minimum atomic E-state index is -0.542. The predicted octanol–water partition coefficient (Wildman–Crippen LogP) is 3.57. The van der Waals surface area contributed by atoms with Crippen LogP contribution in [-0.4, -0.2) is 39.3 Å². The minimum absolute atomic E-state index is 0. The zero-order valence-corrected chi connectivity index (χ0v) is 17.1. The standard InChI is InChI=1S/C21H21N5O2.ClH/c1-12-3-4-14(19-23-13(2)25-26-19)9-16(12)15-10-17-18(22-11-15)21(20(27)24-17)5-7-28-8-6-21;/h3-4,9-11H,5-8H2,1-2H3,(H,24,27)(H,23,25,26);1H. The lowest BCUT2D eigenvalue weighted by Gasteiger charge is -2.30. The average Bonchev–Trinajstić information content (AvgIpc) is 3.25. The van der Waals surface area contributed by atoms with E-state index in [4.69, 9.17) is 9.72 Å². The third kappa shape index (κ3) is 3.10. The first-order valence-corrected chi connectivity index (χ1v) is 9.47. The third-order valence-corrected chi connectivity index (χ3v) is 5.77. The van der Waals surface area contributed by atoms with Gasteiger partial charge in [0, 0.05) is 30.5 Å². The van der Waals surface area contributed by atoms with Crippen molar-refractivity contribution in [1.29, 1.82) is 0 Å². The minimum Gasteiger partial charge on any atom is -0.381 e. The molecule has 1 aromatic carbocycles. The summed E-state index contributed by atoms with van der Waals surface area (Å²) in [6.07, 6.45) is 3.22. The molecule has 0 atom stereocenters. The largest absolute Gasteiger partial charge is 0.381 e. The summed E-state index contributed by atoms with van der Waals surface area (Å²) in [5.74, 6) is 1.49. The van der Waals surface area contributed by atoms with Crippen LogP contribution in [0.5, 0.6) is 0 Å². The normalized spacial score (nSPS) is 17.0. The number of anilines is 1. The van der Waals surface area contributed by atoms with E-state index in [0.717, 1.165) is 39.5 Å². The first-order chi connectivity index (χ1) is 13.6. The van der Waals surface area contributed by atoms with E-state index in [0.29, 0.717) is 31.9 Å². The highest BCUT2D eigenvalue weighted by Crippen LogP contribution is 2.44. The predicted molar refractivity (Wildman–Crippen MR) is 112 cm³/mol. The van der Waals surface area contributed by atoms with Gasteiger partial charge in [-0.05, 0) is 49.9 Å². The number of benzene rings is 1. The number of amides is 1. The van der Waals surface area contributed by atoms with Crippen molar-refractivity contribution in [1.82, 2.24) is 20.2 Å². The lowest BCUT2D eigenvalue weighted by molar-refractivity contribution is -0.124. The number of aryl methyl sites for hydroxylation is 2. The van der Waals surface area contributed by atoms with E-state index in [9.17, 15) is 4.79 Å². The maximum absolute atomic E-state index is 12.7. The Morgan fingerprint density at radius 1 is 1.10 bits per heavy atom. The summed E-state index contributed by atoms with van der Waals surface area (Å²) in [7, 11) is 0. The van der Waals surface area contributed by atoms with Gasteiger partial charge in [-0.15, -0.1) is 12.4 Å². The Kier molecular flexibility index (Phi) is 4.88. The second kappa shape index (κ2) is 7.24. The summed E-state index contributed by atoms with van der Waals surface area (Å²) in [5.41, 5.74) is 5.20. The van der Waals surface area contributed by atoms with Crippen LogP contribution in [-0.2, 0) is 14.9 Å². The smallest absolute Gasteiger partial charge is 0.236 e. The summed E-state index contributed by atoms with van der Waals surface area (Å²) in [6, 6.07) is 8.17. The van der Waals surface area contributed by atoms with Gasteiger partial charge in [0.1, 0.15) is 5.82 Å². The topological polar surface area (TPSA) is 92.8 Å². The third-order valence-electron chi connectivity index (χ3n) is 5.77. The molecule has 150 valence electrons. The molecule has 1 amide bonds. The fraction of sp³-hybridized carbons (Fsp3) is 0.333. The number of ether oxygens (including phenoxy) is 1. The van der Waals surface area contributed by atoms with Crippen LogP contribution in [0.15, 0.2) is 30.5 Å². The van der Waals surface area contributed by atoms with Crippen LogP contribution < -0.4 is 5.32 Å². The van der Waals surface area contributed by atoms with Crippen molar-refractivity contribution < 1.29 is 9.53 Å². The van der Waals surface area contributed by atoms with Crippen LogP contribution in [0.25, 0.3) is 22.5 Å². The van der Waals surface area contributed by atoms with Crippen molar-refractivity contribution in [2.24, 2.45) is 0 Å². The molecule has 0 aliphatic carbocycles. The summed E-state index contributed by atoms with van der Waals surface area (Å²) < 4.78 is 5.46. The molecular formula is C21H22ClN5O2. The van der Waals surface area contributed by atoms with Crippen molar-refractivity contribution in [3.8, 4) is 22.5 Å². The van der Waals surface area contributed by atoms with Crippen molar-refractivity contribution >= 4 is 24.0 Å². The quantitative estimate of drug-likeness (QED) is 0.672. The summed E-state index contributed by atoms with van der Waals surface area (Å²) in [5, 5.41) is 10.2. The SMILES string of the molecule is Cc1nc(-c2ccc(C)c(-c3cnc4c(c3)NC(=O)C43CCOCC3)c2)n[nH]1.Cl. The molecule has 3 aromatic rings. The average molecular weight is 412 g/mol. The molecule has 1 saturated heterocycles. The number of aromatic nitrogens is 4. The number of nitrogens with one attached hydrogen (secondary N) is 2. The van der Waals surface area contributed by atoms with E-state index in [1.165, 1.54) is 0 Å². The zero-order chi connectivity index (χ0) is 19.3. The first-order valence-electron chi connectivity index (χ1n) is 9.47. The Hall–Kier alpha value is -2.77. The fourth-order valence-corrected chi connectivity index (χ4v) is 4.17. The van der Waals surface area contributed by atoms with Crippen molar-refractivity contribution in [2.45, 2.75) is 32.1 Å². The summed E-state index contributed by atoms with van der Waals surface area (Å²) >= 11 is 0. The molecule has 1 spiro atoms. The van der Waals surface area contributed by atoms with Crippen LogP contribution in [0.3, 0.4) is 0 Å². The van der Waals surface area contributed by atoms with E-state index in [1.807, 2.05) is 25.3 Å². The number of nitrogens with zero attached hydrogens (tertiary/aromatic N) is 3. The number of aromatic amines is 1. The van der Waals surface area contributed by atoms with Gasteiger partial charge in [0.2, 0.25) is 5.91 Å². The molecule has 0 radical (unpaired) electrons. The van der Waals surface area contributed by atoms with E-state index in [-0.39, 0.29) is 18.3 Å². The summed E-state index contributed by atoms with van der Waals surface area (Å²) in [6.45, 7) is 5.13. The number of pyridine rings is 1. The van der Waals surface area contributed by atoms with Gasteiger partial charge in [0.05, 0.1) is 16.8 Å². The Morgan fingerprint density at radius 2 is 1.90 bits per heavy atom. The van der Waals surface area contributed by atoms with Crippen molar-refractivity contribution in [2.75, 3.05) is 18.5 Å². The van der Waals surface area contributed by atoms with Crippen LogP contribution in [0.2, 0.25) is 0 Å². The number of rotatable bonds is 2. The van der Waals surface area contributed by atoms with Gasteiger partial charge in [-0.3, -0.25) is 14.9 Å². The molecule has 2 aliphatic heterocycles. The fourth-order valence-electron chi connectivity index (χ4n) is 4.17. The molecule has 5 rings (SSSR count). The van der Waals surface area contributed by atoms with Crippen LogP contribution in [0.4, 0.5) is 5.69 Å². The monoisotopic (exact) mass is 411 g/mol. The molecule has 1 fully saturated rings. The number of hydrogen-bond acceptors (Lipinski definition) is 5. The van der Waals surface area contributed by atoms with Gasteiger partial charge < -0.3 is 10.1 Å². The van der Waals surface area contributed by atoms with Crippen LogP contribution in [0.1, 0.15) is 29.9 Å². The van der Waals surface area contributed by atoms with Crippen molar-refractivity contribution in [3.05, 3.63) is 47.5 Å². The highest BCUT2D eigenvalue weighted by Gasteiger charge is 2.49. The molecule has 0 saturated carbocycles. The number of hydrogen-bond donors (Lipinski definition) is 2. The van der Waals surface area contributed by atoms with Crippen LogP contribution in [0, 0.1) is 13.8 Å². The van der Waals surface area contributed by atoms with Gasteiger partial charge in [-0.25, -0.2) is 4.98 Å². The van der Waals surface area contributed by atoms with E-state index in [2.05, 4.69) is 39.6 Å². The van der Waals surface area contributed by atoms with Crippen LogP contribution >= 0.6 is 12.4 Å². The van der Waals surface area contributed by atoms with Gasteiger partial charge in [-0.2, -0.15) is 5.10 Å². The first kappa shape index (κ1) is 19.5. The molecule has 0 bridgehead atoms. The maximum Gasteiger partial charge on any atom is 0.236 e. The highest BCUT2D eigenvalue weighted by atomic mass is 35.5. The number of halogens is 1. The highest BCUT2D eigenvalue weighted by molar-refractivity contribution is 6.06. The molecule has 2 N–H and O–H groups in total. The van der Waals surface area contributed by atoms with Gasteiger partial charge in [0.15, 0.2) is 5.82 Å². The molecule has 29 heavy (non-hydrogen) atoms. The number of carbonyl (C=O) groups excluding carboxylic acids is 1. The molecular weight excluding hydrogens is 390 g/mol. The Balaban J connectivity index is 0.00000205. The second-order valence-corrected chi connectivity index (χ2v) is 7.54. The summed E-state index contributed by atoms with van der Waals surface area (Å²) in [4.78, 5) is 21.9. The number of carbonyl (C=O) groups is 1. The molecule has 2 aromatic heterocycles. The maximum atomic E-state index is 12.7. The Morgan fingerprint density at radius 3 is 2.62 bits per heavy atom. The van der Waals surface area contributed by atoms with E-state index in [1.54, 1.807) is 0 Å². The number of fused-ring (bicyclic) bond motifs is 2. The zero-order valence-electron chi connectivity index (χ0n) is 16.3.